The van der Waals surface area contributed by atoms with E-state index in [1.807, 2.05) is 0 Å². The van der Waals surface area contributed by atoms with Gasteiger partial charge in [-0.15, -0.1) is 0 Å². The number of hydrogen-bond acceptors (Lipinski definition) is 2. The molecule has 0 aliphatic carbocycles. The van der Waals surface area contributed by atoms with E-state index in [0.29, 0.717) is 12.1 Å². The molecule has 2 rings (SSSR count). The van der Waals surface area contributed by atoms with Crippen LogP contribution in [0.25, 0.3) is 0 Å². The summed E-state index contributed by atoms with van der Waals surface area (Å²) < 4.78 is 38.3. The number of phenolic OH excluding ortho intramolecular Hbond substituents is 1. The molecule has 0 spiro atoms. The summed E-state index contributed by atoms with van der Waals surface area (Å²) in [6.45, 7) is 6.64. The molecule has 1 heterocycles. The summed E-state index contributed by atoms with van der Waals surface area (Å²) in [6.07, 6.45) is -2.30. The molecule has 0 unspecified atom stereocenters. The third kappa shape index (κ3) is 3.66. The second-order valence-corrected chi connectivity index (χ2v) is 6.33. The van der Waals surface area contributed by atoms with Crippen LogP contribution in [-0.4, -0.2) is 23.1 Å². The van der Waals surface area contributed by atoms with Crippen LogP contribution in [0.2, 0.25) is 0 Å². The minimum Gasteiger partial charge on any atom is -0.507 e. The number of phenols is 1. The molecule has 5 heteroatoms. The van der Waals surface area contributed by atoms with Crippen molar-refractivity contribution in [3.8, 4) is 5.75 Å². The van der Waals surface area contributed by atoms with Gasteiger partial charge in [-0.05, 0) is 42.5 Å². The van der Waals surface area contributed by atoms with E-state index >= 15 is 0 Å². The van der Waals surface area contributed by atoms with Gasteiger partial charge in [-0.1, -0.05) is 19.9 Å². The van der Waals surface area contributed by atoms with Crippen molar-refractivity contribution in [1.29, 1.82) is 0 Å². The maximum absolute atomic E-state index is 12.8. The van der Waals surface area contributed by atoms with Crippen LogP contribution in [0.4, 0.5) is 13.2 Å². The molecule has 1 aliphatic rings. The zero-order valence-electron chi connectivity index (χ0n) is 11.8. The lowest BCUT2D eigenvalue weighted by atomic mass is 9.84. The minimum atomic E-state index is -4.51. The van der Waals surface area contributed by atoms with E-state index in [4.69, 9.17) is 0 Å². The smallest absolute Gasteiger partial charge is 0.419 e. The molecule has 0 bridgehead atoms. The Hall–Kier alpha value is -1.23. The lowest BCUT2D eigenvalue weighted by Crippen LogP contribution is -2.39. The largest absolute Gasteiger partial charge is 0.507 e. The average molecular weight is 287 g/mol. The van der Waals surface area contributed by atoms with E-state index in [-0.39, 0.29) is 5.41 Å². The molecule has 0 aromatic heterocycles. The van der Waals surface area contributed by atoms with Crippen LogP contribution in [-0.2, 0) is 12.7 Å². The van der Waals surface area contributed by atoms with E-state index in [1.165, 1.54) is 0 Å². The zero-order chi connectivity index (χ0) is 15.0. The number of likely N-dealkylation sites (tertiary alicyclic amines) is 1. The number of nitrogens with zero attached hydrogens (tertiary/aromatic N) is 1. The summed E-state index contributed by atoms with van der Waals surface area (Å²) in [6, 6.07) is 3.75. The van der Waals surface area contributed by atoms with E-state index in [9.17, 15) is 18.3 Å². The van der Waals surface area contributed by atoms with Gasteiger partial charge in [0.1, 0.15) is 5.75 Å². The number of piperidine rings is 1. The minimum absolute atomic E-state index is 0.210. The standard InChI is InChI=1S/C15H20F3NO/c1-14(2)6-3-7-19(10-14)9-11-4-5-13(20)12(8-11)15(16,17)18/h4-5,8,20H,3,6-7,9-10H2,1-2H3. The van der Waals surface area contributed by atoms with E-state index in [1.54, 1.807) is 6.07 Å². The highest BCUT2D eigenvalue weighted by Crippen LogP contribution is 2.36. The molecule has 0 saturated carbocycles. The van der Waals surface area contributed by atoms with E-state index < -0.39 is 17.5 Å². The van der Waals surface area contributed by atoms with E-state index in [2.05, 4.69) is 18.7 Å². The van der Waals surface area contributed by atoms with Crippen LogP contribution in [0.15, 0.2) is 18.2 Å². The van der Waals surface area contributed by atoms with Gasteiger partial charge in [-0.3, -0.25) is 4.90 Å². The molecule has 1 aliphatic heterocycles. The molecule has 0 amide bonds. The topological polar surface area (TPSA) is 23.5 Å². The molecule has 1 aromatic carbocycles. The predicted octanol–water partition coefficient (Wildman–Crippen LogP) is 4.03. The number of alkyl halides is 3. The van der Waals surface area contributed by atoms with Crippen molar-refractivity contribution >= 4 is 0 Å². The van der Waals surface area contributed by atoms with Crippen molar-refractivity contribution < 1.29 is 18.3 Å². The number of hydrogen-bond donors (Lipinski definition) is 1. The van der Waals surface area contributed by atoms with Crippen LogP contribution in [0.3, 0.4) is 0 Å². The van der Waals surface area contributed by atoms with Gasteiger partial charge in [0.25, 0.3) is 0 Å². The summed E-state index contributed by atoms with van der Waals surface area (Å²) in [4.78, 5) is 2.18. The number of benzene rings is 1. The van der Waals surface area contributed by atoms with Crippen LogP contribution in [0.5, 0.6) is 5.75 Å². The van der Waals surface area contributed by atoms with Gasteiger partial charge < -0.3 is 5.11 Å². The van der Waals surface area contributed by atoms with Crippen molar-refractivity contribution in [2.75, 3.05) is 13.1 Å². The molecule has 1 N–H and O–H groups in total. The fourth-order valence-electron chi connectivity index (χ4n) is 2.85. The first kappa shape index (κ1) is 15.2. The Kier molecular flexibility index (Phi) is 4.00. The summed E-state index contributed by atoms with van der Waals surface area (Å²) in [7, 11) is 0. The van der Waals surface area contributed by atoms with Gasteiger partial charge in [0, 0.05) is 13.1 Å². The second-order valence-electron chi connectivity index (χ2n) is 6.33. The fourth-order valence-corrected chi connectivity index (χ4v) is 2.85. The highest BCUT2D eigenvalue weighted by molar-refractivity contribution is 5.38. The molecule has 20 heavy (non-hydrogen) atoms. The van der Waals surface area contributed by atoms with Gasteiger partial charge in [0.05, 0.1) is 5.56 Å². The third-order valence-electron chi connectivity index (χ3n) is 3.75. The maximum Gasteiger partial charge on any atom is 0.419 e. The molecule has 0 radical (unpaired) electrons. The van der Waals surface area contributed by atoms with Crippen LogP contribution in [0, 0.1) is 5.41 Å². The SMILES string of the molecule is CC1(C)CCCN(Cc2ccc(O)c(C(F)(F)F)c2)C1. The van der Waals surface area contributed by atoms with Gasteiger partial charge in [0.2, 0.25) is 0 Å². The summed E-state index contributed by atoms with van der Waals surface area (Å²) in [5.41, 5.74) is -0.152. The van der Waals surface area contributed by atoms with Crippen molar-refractivity contribution in [2.45, 2.75) is 39.4 Å². The number of rotatable bonds is 2. The number of halogens is 3. The number of aromatic hydroxyl groups is 1. The first-order chi connectivity index (χ1) is 9.17. The monoisotopic (exact) mass is 287 g/mol. The molecule has 112 valence electrons. The van der Waals surface area contributed by atoms with Crippen LogP contribution in [0.1, 0.15) is 37.8 Å². The lowest BCUT2D eigenvalue weighted by molar-refractivity contribution is -0.138. The predicted molar refractivity (Wildman–Crippen MR) is 71.4 cm³/mol. The molecule has 2 nitrogen and oxygen atoms in total. The van der Waals surface area contributed by atoms with Crippen LogP contribution < -0.4 is 0 Å². The Bertz CT molecular complexity index is 482. The fraction of sp³-hybridized carbons (Fsp3) is 0.600. The highest BCUT2D eigenvalue weighted by atomic mass is 19.4. The molecule has 0 atom stereocenters. The van der Waals surface area contributed by atoms with Crippen LogP contribution >= 0.6 is 0 Å². The zero-order valence-corrected chi connectivity index (χ0v) is 11.8. The van der Waals surface area contributed by atoms with Crippen molar-refractivity contribution in [2.24, 2.45) is 5.41 Å². The van der Waals surface area contributed by atoms with Gasteiger partial charge in [-0.25, -0.2) is 0 Å². The normalized spacial score (nSPS) is 20.1. The summed E-state index contributed by atoms with van der Waals surface area (Å²) >= 11 is 0. The molecule has 1 saturated heterocycles. The highest BCUT2D eigenvalue weighted by Gasteiger charge is 2.34. The van der Waals surface area contributed by atoms with E-state index in [0.717, 1.165) is 38.1 Å². The molecule has 1 aromatic rings. The lowest BCUT2D eigenvalue weighted by Gasteiger charge is -2.38. The quantitative estimate of drug-likeness (QED) is 0.887. The molecular formula is C15H20F3NO. The van der Waals surface area contributed by atoms with Gasteiger partial charge in [0.15, 0.2) is 0 Å². The maximum atomic E-state index is 12.8. The summed E-state index contributed by atoms with van der Waals surface area (Å²) in [5, 5.41) is 9.33. The summed E-state index contributed by atoms with van der Waals surface area (Å²) in [5.74, 6) is -0.708. The Morgan fingerprint density at radius 1 is 1.30 bits per heavy atom. The Labute approximate surface area is 117 Å². The Morgan fingerprint density at radius 3 is 2.60 bits per heavy atom. The first-order valence-electron chi connectivity index (χ1n) is 6.79. The molecule has 1 fully saturated rings. The first-order valence-corrected chi connectivity index (χ1v) is 6.79. The van der Waals surface area contributed by atoms with Crippen molar-refractivity contribution in [3.05, 3.63) is 29.3 Å². The average Bonchev–Trinajstić information content (AvgIpc) is 2.29. The third-order valence-corrected chi connectivity index (χ3v) is 3.75. The second kappa shape index (κ2) is 5.28. The van der Waals surface area contributed by atoms with Gasteiger partial charge >= 0.3 is 6.18 Å². The van der Waals surface area contributed by atoms with Crippen molar-refractivity contribution in [1.82, 2.24) is 4.90 Å². The van der Waals surface area contributed by atoms with Crippen molar-refractivity contribution in [3.63, 3.8) is 0 Å². The Morgan fingerprint density at radius 2 is 2.00 bits per heavy atom. The van der Waals surface area contributed by atoms with Gasteiger partial charge in [-0.2, -0.15) is 13.2 Å². The Balaban J connectivity index is 2.14. The molecular weight excluding hydrogens is 267 g/mol.